The molecule has 3 heterocycles. The summed E-state index contributed by atoms with van der Waals surface area (Å²) < 4.78 is 7.98. The monoisotopic (exact) mass is 618 g/mol. The van der Waals surface area contributed by atoms with Crippen molar-refractivity contribution in [3.63, 3.8) is 0 Å². The van der Waals surface area contributed by atoms with Crippen molar-refractivity contribution in [2.24, 2.45) is 0 Å². The Balaban J connectivity index is 0.000000337. The number of aromatic nitrogens is 2. The van der Waals surface area contributed by atoms with E-state index in [9.17, 15) is 4.79 Å². The summed E-state index contributed by atoms with van der Waals surface area (Å²) in [5, 5.41) is 11.9. The van der Waals surface area contributed by atoms with Crippen LogP contribution in [0.4, 0.5) is 0 Å². The molecular weight excluding hydrogens is 593 g/mol. The first-order chi connectivity index (χ1) is 15.3. The Hall–Kier alpha value is -3.21. The average Bonchev–Trinajstić information content (AvgIpc) is 3.36. The molecule has 5 aromatic rings. The molecule has 2 aromatic carbocycles. The van der Waals surface area contributed by atoms with Crippen LogP contribution in [0.15, 0.2) is 64.9 Å². The van der Waals surface area contributed by atoms with Gasteiger partial charge in [-0.2, -0.15) is 0 Å². The van der Waals surface area contributed by atoms with E-state index in [0.29, 0.717) is 0 Å². The minimum absolute atomic E-state index is 0. The van der Waals surface area contributed by atoms with Crippen molar-refractivity contribution in [3.05, 3.63) is 83.5 Å². The van der Waals surface area contributed by atoms with Gasteiger partial charge in [0.05, 0.1) is 11.4 Å². The molecule has 6 heteroatoms. The fourth-order valence-electron chi connectivity index (χ4n) is 3.99. The van der Waals surface area contributed by atoms with Crippen molar-refractivity contribution in [3.8, 4) is 11.5 Å². The topological polar surface area (TPSA) is 67.7 Å². The Morgan fingerprint density at radius 3 is 2.42 bits per heavy atom. The molecule has 0 spiro atoms. The third-order valence-electron chi connectivity index (χ3n) is 5.29. The van der Waals surface area contributed by atoms with Crippen molar-refractivity contribution in [1.29, 1.82) is 0 Å². The van der Waals surface area contributed by atoms with Crippen LogP contribution in [0, 0.1) is 26.8 Å². The maximum atomic E-state index is 10.0. The number of rotatable bonds is 2. The van der Waals surface area contributed by atoms with Crippen LogP contribution < -0.4 is 0 Å². The molecule has 1 N–H and O–H groups in total. The van der Waals surface area contributed by atoms with Gasteiger partial charge in [0.2, 0.25) is 0 Å². The predicted molar refractivity (Wildman–Crippen MR) is 128 cm³/mol. The van der Waals surface area contributed by atoms with Gasteiger partial charge in [0.1, 0.15) is 11.5 Å². The number of furan rings is 1. The summed E-state index contributed by atoms with van der Waals surface area (Å²) in [4.78, 5) is 14.9. The van der Waals surface area contributed by atoms with Crippen LogP contribution in [0.1, 0.15) is 30.7 Å². The third kappa shape index (κ3) is 4.77. The van der Waals surface area contributed by atoms with E-state index in [-0.39, 0.29) is 31.6 Å². The molecule has 3 aromatic heterocycles. The molecule has 171 valence electrons. The first kappa shape index (κ1) is 24.4. The molecule has 5 nitrogen and oxygen atoms in total. The zero-order valence-corrected chi connectivity index (χ0v) is 21.6. The predicted octanol–water partition coefficient (Wildman–Crippen LogP) is 6.66. The number of carbonyl (C=O) groups is 1. The van der Waals surface area contributed by atoms with E-state index < -0.39 is 0 Å². The summed E-state index contributed by atoms with van der Waals surface area (Å²) in [6.45, 7) is 9.11. The van der Waals surface area contributed by atoms with E-state index in [1.165, 1.54) is 47.3 Å². The van der Waals surface area contributed by atoms with Gasteiger partial charge in [-0.25, -0.2) is 0 Å². The number of hydrogen-bond acceptors (Lipinski definition) is 4. The summed E-state index contributed by atoms with van der Waals surface area (Å²) in [7, 11) is 0. The zero-order chi connectivity index (χ0) is 23.0. The first-order valence-corrected chi connectivity index (χ1v) is 10.4. The SMILES string of the molecule is CC(=O)/C=C(/C)O.Cc1ccc(-c2cn3c(n2)c2[c-]cccc2c2c(C)ccc(C)c23)o1.[Ir]. The van der Waals surface area contributed by atoms with Crippen molar-refractivity contribution in [1.82, 2.24) is 9.38 Å². The summed E-state index contributed by atoms with van der Waals surface area (Å²) >= 11 is 0. The second kappa shape index (κ2) is 9.73. The largest absolute Gasteiger partial charge is 0.512 e. The number of carbonyl (C=O) groups excluding carboxylic acids is 1. The van der Waals surface area contributed by atoms with Gasteiger partial charge < -0.3 is 13.9 Å². The normalized spacial score (nSPS) is 11.4. The van der Waals surface area contributed by atoms with Crippen LogP contribution >= 0.6 is 0 Å². The Kier molecular flexibility index (Phi) is 7.21. The number of imidazole rings is 1. The van der Waals surface area contributed by atoms with Crippen LogP contribution in [0.5, 0.6) is 0 Å². The molecule has 0 aliphatic rings. The summed E-state index contributed by atoms with van der Waals surface area (Å²) in [6, 6.07) is 17.8. The fourth-order valence-corrected chi connectivity index (χ4v) is 3.99. The number of ketones is 1. The van der Waals surface area contributed by atoms with E-state index in [0.717, 1.165) is 28.2 Å². The smallest absolute Gasteiger partial charge is 0.155 e. The van der Waals surface area contributed by atoms with Gasteiger partial charge in [-0.3, -0.25) is 9.78 Å². The van der Waals surface area contributed by atoms with Crippen LogP contribution in [0.3, 0.4) is 0 Å². The van der Waals surface area contributed by atoms with Crippen molar-refractivity contribution >= 4 is 33.1 Å². The Labute approximate surface area is 206 Å². The molecule has 33 heavy (non-hydrogen) atoms. The van der Waals surface area contributed by atoms with Gasteiger partial charge in [0.15, 0.2) is 11.5 Å². The molecule has 5 rings (SSSR count). The fraction of sp³-hybridized carbons (Fsp3) is 0.185. The Bertz CT molecular complexity index is 1500. The number of aliphatic hydroxyl groups is 1. The number of allylic oxidation sites excluding steroid dienone is 2. The Morgan fingerprint density at radius 2 is 1.82 bits per heavy atom. The first-order valence-electron chi connectivity index (χ1n) is 10.4. The number of aliphatic hydroxyl groups excluding tert-OH is 1. The van der Waals surface area contributed by atoms with Crippen LogP contribution in [-0.4, -0.2) is 20.3 Å². The van der Waals surface area contributed by atoms with Gasteiger partial charge in [0, 0.05) is 37.9 Å². The summed E-state index contributed by atoms with van der Waals surface area (Å²) in [6.07, 6.45) is 3.24. The summed E-state index contributed by atoms with van der Waals surface area (Å²) in [5.74, 6) is 1.62. The minimum atomic E-state index is -0.125. The molecule has 0 unspecified atom stereocenters. The molecule has 1 radical (unpaired) electrons. The second-order valence-corrected chi connectivity index (χ2v) is 8.01. The molecule has 0 bridgehead atoms. The zero-order valence-electron chi connectivity index (χ0n) is 19.2. The van der Waals surface area contributed by atoms with E-state index in [4.69, 9.17) is 14.5 Å². The van der Waals surface area contributed by atoms with Crippen LogP contribution in [0.2, 0.25) is 0 Å². The number of fused-ring (bicyclic) bond motifs is 6. The van der Waals surface area contributed by atoms with E-state index >= 15 is 0 Å². The molecule has 0 amide bonds. The van der Waals surface area contributed by atoms with Crippen molar-refractivity contribution in [2.45, 2.75) is 34.6 Å². The van der Waals surface area contributed by atoms with Gasteiger partial charge in [-0.15, -0.1) is 29.7 Å². The van der Waals surface area contributed by atoms with Crippen LogP contribution in [0.25, 0.3) is 38.8 Å². The van der Waals surface area contributed by atoms with Gasteiger partial charge >= 0.3 is 0 Å². The van der Waals surface area contributed by atoms with Crippen molar-refractivity contribution < 1.29 is 34.4 Å². The number of benzene rings is 2. The molecule has 0 aliphatic carbocycles. The second-order valence-electron chi connectivity index (χ2n) is 8.01. The van der Waals surface area contributed by atoms with Gasteiger partial charge in [0.25, 0.3) is 0 Å². The quantitative estimate of drug-likeness (QED) is 0.104. The molecular formula is C27H25IrN2O3-. The Morgan fingerprint density at radius 1 is 1.09 bits per heavy atom. The number of aryl methyl sites for hydroxylation is 3. The molecule has 0 fully saturated rings. The molecule has 0 saturated carbocycles. The maximum Gasteiger partial charge on any atom is 0.155 e. The standard InChI is InChI=1S/C22H17N2O.C5H8O2.Ir/c1-13-8-9-14(2)21-20(13)16-6-4-5-7-17(16)22-23-18(12-24(21)22)19-11-10-15(3)25-19;1-4(6)3-5(2)7;/h4-6,8-12H,1-3H3;3,6H,1-2H3;/q-1;;/b;4-3-;. The number of hydrogen-bond donors (Lipinski definition) is 1. The maximum absolute atomic E-state index is 10.0. The number of pyridine rings is 1. The van der Waals surface area contributed by atoms with Crippen LogP contribution in [-0.2, 0) is 24.9 Å². The van der Waals surface area contributed by atoms with Gasteiger partial charge in [-0.1, -0.05) is 23.1 Å². The van der Waals surface area contributed by atoms with E-state index in [1.54, 1.807) is 0 Å². The molecule has 0 aliphatic heterocycles. The molecule has 0 saturated heterocycles. The van der Waals surface area contributed by atoms with Gasteiger partial charge in [-0.05, 0) is 57.7 Å². The molecule has 0 atom stereocenters. The third-order valence-corrected chi connectivity index (χ3v) is 5.29. The average molecular weight is 618 g/mol. The van der Waals surface area contributed by atoms with Crippen molar-refractivity contribution in [2.75, 3.05) is 0 Å². The number of nitrogens with zero attached hydrogens (tertiary/aromatic N) is 2. The minimum Gasteiger partial charge on any atom is -0.512 e. The van der Waals surface area contributed by atoms with E-state index in [1.807, 2.05) is 31.2 Å². The van der Waals surface area contributed by atoms with E-state index in [2.05, 4.69) is 48.7 Å². The summed E-state index contributed by atoms with van der Waals surface area (Å²) in [5.41, 5.74) is 5.46.